The van der Waals surface area contributed by atoms with Gasteiger partial charge < -0.3 is 20.3 Å². The lowest BCUT2D eigenvalue weighted by molar-refractivity contribution is -0.126. The molecule has 1 aromatic heterocycles. The molecule has 2 aliphatic rings. The summed E-state index contributed by atoms with van der Waals surface area (Å²) in [5.74, 6) is -0.946. The minimum Gasteiger partial charge on any atom is -0.438 e. The number of nitrogens with one attached hydrogen (secondary N) is 2. The van der Waals surface area contributed by atoms with E-state index < -0.39 is 18.2 Å². The van der Waals surface area contributed by atoms with Gasteiger partial charge in [0.2, 0.25) is 5.91 Å². The topological polar surface area (TPSA) is 91.0 Å². The second-order valence-electron chi connectivity index (χ2n) is 9.40. The zero-order valence-corrected chi connectivity index (χ0v) is 21.6. The number of halogens is 1. The molecular formula is C28H29FN4O4S. The maximum atomic E-state index is 13.5. The summed E-state index contributed by atoms with van der Waals surface area (Å²) >= 11 is 1.34. The second-order valence-corrected chi connectivity index (χ2v) is 10.3. The van der Waals surface area contributed by atoms with Crippen molar-refractivity contribution in [2.24, 2.45) is 0 Å². The van der Waals surface area contributed by atoms with Crippen molar-refractivity contribution in [3.63, 3.8) is 0 Å². The Bertz CT molecular complexity index is 1280. The van der Waals surface area contributed by atoms with E-state index in [1.165, 1.54) is 28.4 Å². The average Bonchev–Trinajstić information content (AvgIpc) is 3.68. The van der Waals surface area contributed by atoms with Crippen LogP contribution in [-0.4, -0.2) is 59.9 Å². The van der Waals surface area contributed by atoms with E-state index in [1.807, 2.05) is 5.38 Å². The molecule has 2 N–H and O–H groups in total. The Morgan fingerprint density at radius 3 is 2.58 bits per heavy atom. The maximum absolute atomic E-state index is 13.5. The molecule has 0 bridgehead atoms. The Hall–Kier alpha value is -3.76. The fourth-order valence-electron chi connectivity index (χ4n) is 4.84. The number of likely N-dealkylation sites (tertiary alicyclic amines) is 1. The predicted molar refractivity (Wildman–Crippen MR) is 142 cm³/mol. The van der Waals surface area contributed by atoms with Crippen molar-refractivity contribution >= 4 is 34.9 Å². The molecule has 198 valence electrons. The Morgan fingerprint density at radius 1 is 1.05 bits per heavy atom. The number of carbonyl (C=O) groups excluding carboxylic acids is 3. The first-order valence-corrected chi connectivity index (χ1v) is 13.5. The highest BCUT2D eigenvalue weighted by atomic mass is 32.1. The van der Waals surface area contributed by atoms with Gasteiger partial charge in [-0.05, 0) is 72.8 Å². The van der Waals surface area contributed by atoms with Crippen LogP contribution in [-0.2, 0) is 16.1 Å². The second kappa shape index (κ2) is 11.7. The molecule has 2 fully saturated rings. The summed E-state index contributed by atoms with van der Waals surface area (Å²) in [5, 5.41) is 7.67. The third-order valence-electron chi connectivity index (χ3n) is 6.76. The Balaban J connectivity index is 1.36. The van der Waals surface area contributed by atoms with Crippen LogP contribution < -0.4 is 10.6 Å². The lowest BCUT2D eigenvalue weighted by Gasteiger charge is -2.25. The molecule has 2 atom stereocenters. The minimum atomic E-state index is -0.936. The lowest BCUT2D eigenvalue weighted by Crippen LogP contribution is -2.47. The average molecular weight is 537 g/mol. The summed E-state index contributed by atoms with van der Waals surface area (Å²) in [5.41, 5.74) is 1.79. The van der Waals surface area contributed by atoms with Crippen LogP contribution in [0.15, 0.2) is 66.0 Å². The van der Waals surface area contributed by atoms with Crippen molar-refractivity contribution in [3.8, 4) is 0 Å². The van der Waals surface area contributed by atoms with E-state index in [0.29, 0.717) is 28.2 Å². The van der Waals surface area contributed by atoms with Crippen LogP contribution in [0.4, 0.5) is 14.9 Å². The van der Waals surface area contributed by atoms with Crippen molar-refractivity contribution in [1.29, 1.82) is 0 Å². The fraction of sp³-hybridized carbons (Fsp3) is 0.321. The molecule has 3 heterocycles. The molecule has 2 saturated heterocycles. The van der Waals surface area contributed by atoms with E-state index >= 15 is 0 Å². The van der Waals surface area contributed by atoms with Gasteiger partial charge >= 0.3 is 6.09 Å². The molecule has 0 spiro atoms. The normalized spacial score (nSPS) is 19.4. The number of benzene rings is 2. The highest BCUT2D eigenvalue weighted by Crippen LogP contribution is 2.35. The van der Waals surface area contributed by atoms with Crippen LogP contribution >= 0.6 is 11.3 Å². The first-order valence-electron chi connectivity index (χ1n) is 12.6. The van der Waals surface area contributed by atoms with E-state index in [2.05, 4.69) is 15.5 Å². The summed E-state index contributed by atoms with van der Waals surface area (Å²) < 4.78 is 19.2. The molecule has 2 aromatic carbocycles. The highest BCUT2D eigenvalue weighted by Gasteiger charge is 2.47. The SMILES string of the molecule is O=C(Nc1cccc(C2OC(=O)N(Cc3ccc(F)cc3)C2C(=O)NCCN2CCCC2)c1)c1cccs1. The smallest absolute Gasteiger partial charge is 0.411 e. The molecule has 5 rings (SSSR count). The van der Waals surface area contributed by atoms with Gasteiger partial charge in [-0.1, -0.05) is 30.3 Å². The largest absolute Gasteiger partial charge is 0.438 e. The summed E-state index contributed by atoms with van der Waals surface area (Å²) in [6, 6.07) is 15.4. The number of amides is 3. The van der Waals surface area contributed by atoms with Crippen LogP contribution in [0.2, 0.25) is 0 Å². The Morgan fingerprint density at radius 2 is 1.84 bits per heavy atom. The number of hydrogen-bond donors (Lipinski definition) is 2. The number of rotatable bonds is 9. The molecule has 8 nitrogen and oxygen atoms in total. The fourth-order valence-corrected chi connectivity index (χ4v) is 5.46. The first kappa shape index (κ1) is 25.9. The summed E-state index contributed by atoms with van der Waals surface area (Å²) in [7, 11) is 0. The zero-order chi connectivity index (χ0) is 26.5. The maximum Gasteiger partial charge on any atom is 0.411 e. The van der Waals surface area contributed by atoms with Gasteiger partial charge in [-0.2, -0.15) is 0 Å². The van der Waals surface area contributed by atoms with Gasteiger partial charge in [0.05, 0.1) is 11.4 Å². The number of anilines is 1. The molecule has 3 amide bonds. The van der Waals surface area contributed by atoms with Crippen LogP contribution in [0.3, 0.4) is 0 Å². The molecule has 0 aliphatic carbocycles. The van der Waals surface area contributed by atoms with Crippen molar-refractivity contribution in [1.82, 2.24) is 15.1 Å². The number of ether oxygens (including phenoxy) is 1. The molecular weight excluding hydrogens is 507 g/mol. The van der Waals surface area contributed by atoms with Crippen molar-refractivity contribution in [2.75, 3.05) is 31.5 Å². The van der Waals surface area contributed by atoms with Gasteiger partial charge in [-0.25, -0.2) is 9.18 Å². The van der Waals surface area contributed by atoms with Crippen LogP contribution in [0, 0.1) is 5.82 Å². The molecule has 38 heavy (non-hydrogen) atoms. The predicted octanol–water partition coefficient (Wildman–Crippen LogP) is 4.41. The molecule has 2 unspecified atom stereocenters. The Labute approximate surface area is 224 Å². The number of cyclic esters (lactones) is 1. The van der Waals surface area contributed by atoms with E-state index in [0.717, 1.165) is 32.5 Å². The number of hydrogen-bond acceptors (Lipinski definition) is 6. The highest BCUT2D eigenvalue weighted by molar-refractivity contribution is 7.12. The van der Waals surface area contributed by atoms with Crippen molar-refractivity contribution in [2.45, 2.75) is 31.5 Å². The molecule has 3 aromatic rings. The van der Waals surface area contributed by atoms with Gasteiger partial charge in [0.15, 0.2) is 12.1 Å². The number of nitrogens with zero attached hydrogens (tertiary/aromatic N) is 2. The molecule has 0 saturated carbocycles. The van der Waals surface area contributed by atoms with Gasteiger partial charge in [0.25, 0.3) is 5.91 Å². The summed E-state index contributed by atoms with van der Waals surface area (Å²) in [4.78, 5) is 43.3. The standard InChI is InChI=1S/C28H29FN4O4S/c29-21-10-8-19(9-11-21)18-33-24(27(35)30-12-15-32-13-1-2-14-32)25(37-28(33)36)20-5-3-6-22(17-20)31-26(34)23-7-4-16-38-23/h3-11,16-17,24-25H,1-2,12-15,18H2,(H,30,35)(H,31,34). The van der Waals surface area contributed by atoms with Gasteiger partial charge in [0.1, 0.15) is 5.82 Å². The van der Waals surface area contributed by atoms with E-state index in [-0.39, 0.29) is 24.2 Å². The van der Waals surface area contributed by atoms with E-state index in [1.54, 1.807) is 48.5 Å². The number of carbonyl (C=O) groups is 3. The van der Waals surface area contributed by atoms with Crippen LogP contribution in [0.1, 0.15) is 39.7 Å². The molecule has 10 heteroatoms. The minimum absolute atomic E-state index is 0.0919. The number of thiophene rings is 1. The summed E-state index contributed by atoms with van der Waals surface area (Å²) in [6.45, 7) is 3.32. The molecule has 2 aliphatic heterocycles. The quantitative estimate of drug-likeness (QED) is 0.423. The lowest BCUT2D eigenvalue weighted by atomic mass is 10.00. The van der Waals surface area contributed by atoms with Crippen LogP contribution in [0.25, 0.3) is 0 Å². The third-order valence-corrected chi connectivity index (χ3v) is 7.63. The molecule has 0 radical (unpaired) electrons. The zero-order valence-electron chi connectivity index (χ0n) is 20.8. The van der Waals surface area contributed by atoms with Crippen molar-refractivity contribution < 1.29 is 23.5 Å². The van der Waals surface area contributed by atoms with Crippen molar-refractivity contribution in [3.05, 3.63) is 87.9 Å². The summed E-state index contributed by atoms with van der Waals surface area (Å²) in [6.07, 6.45) is 0.804. The third kappa shape index (κ3) is 6.03. The first-order chi connectivity index (χ1) is 18.5. The van der Waals surface area contributed by atoms with Gasteiger partial charge in [-0.15, -0.1) is 11.3 Å². The Kier molecular flexibility index (Phi) is 8.00. The van der Waals surface area contributed by atoms with Gasteiger partial charge in [0, 0.05) is 18.8 Å². The van der Waals surface area contributed by atoms with E-state index in [4.69, 9.17) is 4.74 Å². The van der Waals surface area contributed by atoms with E-state index in [9.17, 15) is 18.8 Å². The monoisotopic (exact) mass is 536 g/mol. The van der Waals surface area contributed by atoms with Gasteiger partial charge in [-0.3, -0.25) is 14.5 Å². The van der Waals surface area contributed by atoms with Crippen LogP contribution in [0.5, 0.6) is 0 Å².